The molecule has 1 saturated carbocycles. The number of halogens is 1. The zero-order valence-electron chi connectivity index (χ0n) is 12.3. The van der Waals surface area contributed by atoms with Gasteiger partial charge in [0.25, 0.3) is 0 Å². The zero-order chi connectivity index (χ0) is 14.0. The van der Waals surface area contributed by atoms with Crippen molar-refractivity contribution in [3.63, 3.8) is 0 Å². The maximum atomic E-state index is 13.5. The summed E-state index contributed by atoms with van der Waals surface area (Å²) in [7, 11) is 0. The topological polar surface area (TPSA) is 21.3 Å². The van der Waals surface area contributed by atoms with Gasteiger partial charge in [0, 0.05) is 18.0 Å². The van der Waals surface area contributed by atoms with Crippen LogP contribution in [0.2, 0.25) is 0 Å². The lowest BCUT2D eigenvalue weighted by molar-refractivity contribution is -0.00277. The van der Waals surface area contributed by atoms with E-state index < -0.39 is 0 Å². The molecule has 3 rings (SSSR count). The van der Waals surface area contributed by atoms with Gasteiger partial charge in [-0.05, 0) is 56.8 Å². The standard InChI is InChI=1S/C17H24FNO/c1-2-10-19-15-12-17(8-4-3-5-9-17)20-16-7-6-13(18)11-14(15)16/h6-7,11,15,19H,2-5,8-10,12H2,1H3. The highest BCUT2D eigenvalue weighted by molar-refractivity contribution is 5.39. The number of ether oxygens (including phenoxy) is 1. The molecule has 110 valence electrons. The SMILES string of the molecule is CCCNC1CC2(CCCCC2)Oc2ccc(F)cc21. The van der Waals surface area contributed by atoms with Gasteiger partial charge in [0.1, 0.15) is 17.2 Å². The van der Waals surface area contributed by atoms with Gasteiger partial charge in [-0.2, -0.15) is 0 Å². The molecule has 0 amide bonds. The average Bonchev–Trinajstić information content (AvgIpc) is 2.46. The summed E-state index contributed by atoms with van der Waals surface area (Å²) in [5.74, 6) is 0.711. The maximum absolute atomic E-state index is 13.5. The number of rotatable bonds is 3. The van der Waals surface area contributed by atoms with Crippen molar-refractivity contribution >= 4 is 0 Å². The van der Waals surface area contributed by atoms with E-state index in [0.717, 1.165) is 43.5 Å². The fraction of sp³-hybridized carbons (Fsp3) is 0.647. The van der Waals surface area contributed by atoms with Crippen LogP contribution < -0.4 is 10.1 Å². The molecular weight excluding hydrogens is 253 g/mol. The molecule has 0 radical (unpaired) electrons. The Balaban J connectivity index is 1.90. The van der Waals surface area contributed by atoms with Gasteiger partial charge in [0.05, 0.1) is 0 Å². The second-order valence-electron chi connectivity index (χ2n) is 6.24. The maximum Gasteiger partial charge on any atom is 0.125 e. The average molecular weight is 277 g/mol. The van der Waals surface area contributed by atoms with E-state index in [4.69, 9.17) is 4.74 Å². The molecule has 1 aliphatic carbocycles. The van der Waals surface area contributed by atoms with Crippen molar-refractivity contribution < 1.29 is 9.13 Å². The molecular formula is C17H24FNO. The molecule has 3 heteroatoms. The van der Waals surface area contributed by atoms with Crippen molar-refractivity contribution in [3.8, 4) is 5.75 Å². The Kier molecular flexibility index (Phi) is 3.97. The van der Waals surface area contributed by atoms with Crippen molar-refractivity contribution in [2.24, 2.45) is 0 Å². The number of nitrogens with one attached hydrogen (secondary N) is 1. The lowest BCUT2D eigenvalue weighted by Gasteiger charge is -2.44. The highest BCUT2D eigenvalue weighted by atomic mass is 19.1. The molecule has 0 aromatic heterocycles. The van der Waals surface area contributed by atoms with Gasteiger partial charge >= 0.3 is 0 Å². The highest BCUT2D eigenvalue weighted by Gasteiger charge is 2.41. The fourth-order valence-electron chi connectivity index (χ4n) is 3.64. The first-order chi connectivity index (χ1) is 9.72. The van der Waals surface area contributed by atoms with Crippen LogP contribution in [0.4, 0.5) is 4.39 Å². The summed E-state index contributed by atoms with van der Waals surface area (Å²) in [5.41, 5.74) is 0.976. The second-order valence-corrected chi connectivity index (χ2v) is 6.24. The molecule has 0 bridgehead atoms. The molecule has 2 nitrogen and oxygen atoms in total. The lowest BCUT2D eigenvalue weighted by atomic mass is 9.77. The van der Waals surface area contributed by atoms with Crippen LogP contribution in [0.5, 0.6) is 5.75 Å². The van der Waals surface area contributed by atoms with E-state index in [-0.39, 0.29) is 17.5 Å². The number of fused-ring (bicyclic) bond motifs is 1. The fourth-order valence-corrected chi connectivity index (χ4v) is 3.64. The van der Waals surface area contributed by atoms with Gasteiger partial charge in [0.15, 0.2) is 0 Å². The minimum atomic E-state index is -0.171. The van der Waals surface area contributed by atoms with Crippen LogP contribution in [-0.4, -0.2) is 12.1 Å². The molecule has 0 saturated heterocycles. The lowest BCUT2D eigenvalue weighted by Crippen LogP contribution is -2.45. The first-order valence-electron chi connectivity index (χ1n) is 7.94. The Hall–Kier alpha value is -1.09. The van der Waals surface area contributed by atoms with Gasteiger partial charge in [-0.1, -0.05) is 13.3 Å². The van der Waals surface area contributed by atoms with Crippen LogP contribution in [0.1, 0.15) is 63.5 Å². The molecule has 1 spiro atoms. The van der Waals surface area contributed by atoms with E-state index in [1.54, 1.807) is 12.1 Å². The number of hydrogen-bond acceptors (Lipinski definition) is 2. The minimum Gasteiger partial charge on any atom is -0.487 e. The third-order valence-electron chi connectivity index (χ3n) is 4.66. The third-order valence-corrected chi connectivity index (χ3v) is 4.66. The van der Waals surface area contributed by atoms with Crippen molar-refractivity contribution in [2.75, 3.05) is 6.54 Å². The smallest absolute Gasteiger partial charge is 0.125 e. The van der Waals surface area contributed by atoms with Gasteiger partial charge in [-0.15, -0.1) is 0 Å². The van der Waals surface area contributed by atoms with Crippen molar-refractivity contribution in [2.45, 2.75) is 63.5 Å². The van der Waals surface area contributed by atoms with Crippen LogP contribution in [0.3, 0.4) is 0 Å². The molecule has 1 unspecified atom stereocenters. The van der Waals surface area contributed by atoms with E-state index in [1.807, 2.05) is 0 Å². The van der Waals surface area contributed by atoms with E-state index in [9.17, 15) is 4.39 Å². The Labute approximate surface area is 120 Å². The van der Waals surface area contributed by atoms with Gasteiger partial charge in [-0.3, -0.25) is 0 Å². The molecule has 1 N–H and O–H groups in total. The Morgan fingerprint density at radius 1 is 1.30 bits per heavy atom. The van der Waals surface area contributed by atoms with E-state index in [2.05, 4.69) is 12.2 Å². The summed E-state index contributed by atoms with van der Waals surface area (Å²) in [6.07, 6.45) is 8.14. The largest absolute Gasteiger partial charge is 0.487 e. The van der Waals surface area contributed by atoms with Crippen LogP contribution in [-0.2, 0) is 0 Å². The monoisotopic (exact) mass is 277 g/mol. The normalized spacial score (nSPS) is 24.2. The third kappa shape index (κ3) is 2.69. The summed E-state index contributed by atoms with van der Waals surface area (Å²) < 4.78 is 19.9. The van der Waals surface area contributed by atoms with Crippen molar-refractivity contribution in [1.82, 2.24) is 5.32 Å². The Morgan fingerprint density at radius 3 is 2.85 bits per heavy atom. The van der Waals surface area contributed by atoms with Crippen LogP contribution in [0, 0.1) is 5.82 Å². The second kappa shape index (κ2) is 5.72. The molecule has 1 atom stereocenters. The molecule has 2 aliphatic rings. The highest BCUT2D eigenvalue weighted by Crippen LogP contribution is 2.46. The summed E-state index contributed by atoms with van der Waals surface area (Å²) in [6, 6.07) is 5.18. The predicted octanol–water partition coefficient (Wildman–Crippen LogP) is 4.35. The molecule has 1 fully saturated rings. The van der Waals surface area contributed by atoms with Crippen LogP contribution in [0.25, 0.3) is 0 Å². The van der Waals surface area contributed by atoms with E-state index >= 15 is 0 Å². The zero-order valence-corrected chi connectivity index (χ0v) is 12.3. The molecule has 1 aromatic carbocycles. The first-order valence-corrected chi connectivity index (χ1v) is 7.94. The summed E-state index contributed by atoms with van der Waals surface area (Å²) in [4.78, 5) is 0. The minimum absolute atomic E-state index is 0.0194. The number of hydrogen-bond donors (Lipinski definition) is 1. The van der Waals surface area contributed by atoms with Gasteiger partial charge in [0.2, 0.25) is 0 Å². The summed E-state index contributed by atoms with van der Waals surface area (Å²) in [5, 5.41) is 3.58. The Morgan fingerprint density at radius 2 is 2.10 bits per heavy atom. The number of benzene rings is 1. The summed E-state index contributed by atoms with van der Waals surface area (Å²) in [6.45, 7) is 3.13. The van der Waals surface area contributed by atoms with Gasteiger partial charge in [-0.25, -0.2) is 4.39 Å². The van der Waals surface area contributed by atoms with Crippen molar-refractivity contribution in [1.29, 1.82) is 0 Å². The predicted molar refractivity (Wildman–Crippen MR) is 78.5 cm³/mol. The molecule has 1 aliphatic heterocycles. The quantitative estimate of drug-likeness (QED) is 0.886. The Bertz CT molecular complexity index is 468. The van der Waals surface area contributed by atoms with Crippen molar-refractivity contribution in [3.05, 3.63) is 29.6 Å². The molecule has 1 heterocycles. The molecule has 1 aromatic rings. The van der Waals surface area contributed by atoms with E-state index in [0.29, 0.717) is 0 Å². The first kappa shape index (κ1) is 13.9. The summed E-state index contributed by atoms with van der Waals surface area (Å²) >= 11 is 0. The van der Waals surface area contributed by atoms with E-state index in [1.165, 1.54) is 25.3 Å². The molecule has 20 heavy (non-hydrogen) atoms. The van der Waals surface area contributed by atoms with Crippen LogP contribution in [0.15, 0.2) is 18.2 Å². The van der Waals surface area contributed by atoms with Gasteiger partial charge < -0.3 is 10.1 Å². The van der Waals surface area contributed by atoms with Crippen LogP contribution >= 0.6 is 0 Å².